The number of carbonyl (C=O) groups excluding carboxylic acids is 1. The predicted octanol–water partition coefficient (Wildman–Crippen LogP) is 2.87. The van der Waals surface area contributed by atoms with E-state index in [9.17, 15) is 9.59 Å². The van der Waals surface area contributed by atoms with Crippen LogP contribution < -0.4 is 15.8 Å². The van der Waals surface area contributed by atoms with Gasteiger partial charge in [0.1, 0.15) is 0 Å². The Labute approximate surface area is 185 Å². The van der Waals surface area contributed by atoms with Crippen molar-refractivity contribution in [2.24, 2.45) is 5.92 Å². The van der Waals surface area contributed by atoms with Crippen molar-refractivity contribution in [2.45, 2.75) is 52.0 Å². The maximum Gasteiger partial charge on any atom is 0.278 e. The van der Waals surface area contributed by atoms with Crippen molar-refractivity contribution in [1.82, 2.24) is 19.9 Å². The molecule has 1 N–H and O–H groups in total. The first-order valence-electron chi connectivity index (χ1n) is 11.1. The summed E-state index contributed by atoms with van der Waals surface area (Å²) in [6, 6.07) is 8.20. The number of amides is 1. The molecule has 7 nitrogen and oxygen atoms in total. The van der Waals surface area contributed by atoms with Gasteiger partial charge in [0.05, 0.1) is 11.6 Å². The molecule has 1 amide bonds. The molecule has 0 spiro atoms. The average Bonchev–Trinajstić information content (AvgIpc) is 3.22. The first kappa shape index (κ1) is 20.2. The largest absolute Gasteiger partial charge is 0.352 e. The van der Waals surface area contributed by atoms with E-state index in [1.807, 2.05) is 12.1 Å². The molecule has 8 heteroatoms. The Kier molecular flexibility index (Phi) is 5.48. The summed E-state index contributed by atoms with van der Waals surface area (Å²) in [5, 5.41) is 8.47. The van der Waals surface area contributed by atoms with Gasteiger partial charge in [0.15, 0.2) is 0 Å². The number of aromatic nitrogens is 3. The summed E-state index contributed by atoms with van der Waals surface area (Å²) in [6.07, 6.45) is 5.60. The van der Waals surface area contributed by atoms with E-state index in [0.717, 1.165) is 67.0 Å². The molecular formula is C23H27N5O2S. The van der Waals surface area contributed by atoms with Crippen molar-refractivity contribution in [1.29, 1.82) is 0 Å². The molecule has 3 heterocycles. The molecule has 1 saturated heterocycles. The number of nitrogens with one attached hydrogen (secondary N) is 1. The van der Waals surface area contributed by atoms with E-state index >= 15 is 0 Å². The number of piperidine rings is 1. The van der Waals surface area contributed by atoms with Gasteiger partial charge in [0.2, 0.25) is 16.0 Å². The topological polar surface area (TPSA) is 79.6 Å². The van der Waals surface area contributed by atoms with E-state index in [1.165, 1.54) is 21.4 Å². The van der Waals surface area contributed by atoms with Crippen LogP contribution in [-0.2, 0) is 24.2 Å². The van der Waals surface area contributed by atoms with E-state index in [-0.39, 0.29) is 17.4 Å². The number of aryl methyl sites for hydroxylation is 2. The molecule has 1 aliphatic carbocycles. The fourth-order valence-corrected chi connectivity index (χ4v) is 5.56. The summed E-state index contributed by atoms with van der Waals surface area (Å²) < 4.78 is 1.46. The fraction of sp³-hybridized carbons (Fsp3) is 0.478. The molecule has 1 fully saturated rings. The smallest absolute Gasteiger partial charge is 0.278 e. The zero-order valence-electron chi connectivity index (χ0n) is 17.8. The van der Waals surface area contributed by atoms with Crippen LogP contribution in [0.25, 0.3) is 4.96 Å². The van der Waals surface area contributed by atoms with Gasteiger partial charge >= 0.3 is 0 Å². The first-order chi connectivity index (χ1) is 15.1. The summed E-state index contributed by atoms with van der Waals surface area (Å²) in [6.45, 7) is 4.06. The minimum atomic E-state index is -0.0801. The van der Waals surface area contributed by atoms with E-state index in [4.69, 9.17) is 4.98 Å². The lowest BCUT2D eigenvalue weighted by molar-refractivity contribution is -0.125. The second kappa shape index (κ2) is 8.42. The van der Waals surface area contributed by atoms with Gasteiger partial charge in [-0.05, 0) is 51.0 Å². The highest BCUT2D eigenvalue weighted by molar-refractivity contribution is 7.20. The highest BCUT2D eigenvalue weighted by atomic mass is 32.1. The Balaban J connectivity index is 1.31. The zero-order chi connectivity index (χ0) is 21.4. The Morgan fingerprint density at radius 3 is 3.00 bits per heavy atom. The molecule has 1 unspecified atom stereocenters. The van der Waals surface area contributed by atoms with Crippen LogP contribution in [0.15, 0.2) is 29.1 Å². The third-order valence-electron chi connectivity index (χ3n) is 6.28. The standard InChI is InChI=1S/C23H27N5O2S/c1-15-6-4-7-16(12-15)13-24-20(29)17-8-5-11-27(14-17)23-26-28-21(30)18-9-2-3-10-19(18)25-22(28)31-23/h4,6-7,12,17H,2-3,5,8-11,13-14H2,1H3,(H,24,29). The van der Waals surface area contributed by atoms with Crippen LogP contribution >= 0.6 is 11.3 Å². The number of nitrogens with zero attached hydrogens (tertiary/aromatic N) is 4. The first-order valence-corrected chi connectivity index (χ1v) is 11.9. The lowest BCUT2D eigenvalue weighted by atomic mass is 9.97. The van der Waals surface area contributed by atoms with Gasteiger partial charge in [0.25, 0.3) is 5.56 Å². The highest BCUT2D eigenvalue weighted by Crippen LogP contribution is 2.28. The van der Waals surface area contributed by atoms with Gasteiger partial charge < -0.3 is 10.2 Å². The summed E-state index contributed by atoms with van der Waals surface area (Å²) in [4.78, 5) is 33.2. The summed E-state index contributed by atoms with van der Waals surface area (Å²) >= 11 is 1.45. The molecule has 2 aliphatic rings. The van der Waals surface area contributed by atoms with Crippen LogP contribution in [-0.4, -0.2) is 33.6 Å². The van der Waals surface area contributed by atoms with Crippen molar-refractivity contribution >= 4 is 27.3 Å². The molecule has 1 aliphatic heterocycles. The number of rotatable bonds is 4. The maximum atomic E-state index is 12.9. The second-order valence-corrected chi connectivity index (χ2v) is 9.55. The molecule has 31 heavy (non-hydrogen) atoms. The molecular weight excluding hydrogens is 410 g/mol. The van der Waals surface area contributed by atoms with E-state index in [1.54, 1.807) is 0 Å². The fourth-order valence-electron chi connectivity index (χ4n) is 4.61. The summed E-state index contributed by atoms with van der Waals surface area (Å²) in [5.41, 5.74) is 4.05. The Morgan fingerprint density at radius 1 is 1.26 bits per heavy atom. The van der Waals surface area contributed by atoms with E-state index in [0.29, 0.717) is 18.1 Å². The monoisotopic (exact) mass is 437 g/mol. The van der Waals surface area contributed by atoms with Crippen LogP contribution in [0, 0.1) is 12.8 Å². The summed E-state index contributed by atoms with van der Waals surface area (Å²) in [7, 11) is 0. The van der Waals surface area contributed by atoms with Gasteiger partial charge in [-0.1, -0.05) is 41.2 Å². The summed E-state index contributed by atoms with van der Waals surface area (Å²) in [5.74, 6) is 0.00142. The number of carbonyl (C=O) groups is 1. The maximum absolute atomic E-state index is 12.9. The molecule has 2 aromatic heterocycles. The molecule has 0 radical (unpaired) electrons. The van der Waals surface area contributed by atoms with Crippen molar-refractivity contribution in [2.75, 3.05) is 18.0 Å². The second-order valence-electron chi connectivity index (χ2n) is 8.62. The average molecular weight is 438 g/mol. The number of hydrogen-bond acceptors (Lipinski definition) is 6. The quantitative estimate of drug-likeness (QED) is 0.679. The Morgan fingerprint density at radius 2 is 2.13 bits per heavy atom. The number of anilines is 1. The Hall–Kier alpha value is -2.74. The third-order valence-corrected chi connectivity index (χ3v) is 7.25. The van der Waals surface area contributed by atoms with Crippen LogP contribution in [0.4, 0.5) is 5.13 Å². The molecule has 0 bridgehead atoms. The molecule has 5 rings (SSSR count). The van der Waals surface area contributed by atoms with Crippen LogP contribution in [0.3, 0.4) is 0 Å². The van der Waals surface area contributed by atoms with Crippen molar-refractivity contribution in [3.05, 3.63) is 57.0 Å². The van der Waals surface area contributed by atoms with Crippen molar-refractivity contribution < 1.29 is 4.79 Å². The number of benzene rings is 1. The van der Waals surface area contributed by atoms with Crippen LogP contribution in [0.2, 0.25) is 0 Å². The van der Waals surface area contributed by atoms with Gasteiger partial charge in [-0.3, -0.25) is 9.59 Å². The van der Waals surface area contributed by atoms with Gasteiger partial charge in [-0.15, -0.1) is 5.10 Å². The number of fused-ring (bicyclic) bond motifs is 2. The van der Waals surface area contributed by atoms with Crippen molar-refractivity contribution in [3.63, 3.8) is 0 Å². The van der Waals surface area contributed by atoms with E-state index < -0.39 is 0 Å². The molecule has 1 aromatic carbocycles. The number of hydrogen-bond donors (Lipinski definition) is 1. The predicted molar refractivity (Wildman–Crippen MR) is 122 cm³/mol. The lowest BCUT2D eigenvalue weighted by Gasteiger charge is -2.31. The zero-order valence-corrected chi connectivity index (χ0v) is 18.6. The minimum Gasteiger partial charge on any atom is -0.352 e. The van der Waals surface area contributed by atoms with Crippen molar-refractivity contribution in [3.8, 4) is 0 Å². The molecule has 0 saturated carbocycles. The normalized spacial score (nSPS) is 18.7. The SMILES string of the molecule is Cc1cccc(CNC(=O)C2CCCN(c3nn4c(=O)c5c(nc4s3)CCCC5)C2)c1. The van der Waals surface area contributed by atoms with Gasteiger partial charge in [0, 0.05) is 25.2 Å². The lowest BCUT2D eigenvalue weighted by Crippen LogP contribution is -2.43. The molecule has 3 aromatic rings. The van der Waals surface area contributed by atoms with Crippen LogP contribution in [0.5, 0.6) is 0 Å². The van der Waals surface area contributed by atoms with Gasteiger partial charge in [-0.2, -0.15) is 4.52 Å². The molecule has 1 atom stereocenters. The Bertz CT molecular complexity index is 1180. The third kappa shape index (κ3) is 4.08. The minimum absolute atomic E-state index is 0.0216. The highest BCUT2D eigenvalue weighted by Gasteiger charge is 2.28. The van der Waals surface area contributed by atoms with Gasteiger partial charge in [-0.25, -0.2) is 4.98 Å². The molecule has 162 valence electrons. The van der Waals surface area contributed by atoms with Crippen LogP contribution in [0.1, 0.15) is 48.1 Å². The van der Waals surface area contributed by atoms with E-state index in [2.05, 4.69) is 34.4 Å².